The molecule has 0 aromatic carbocycles. The van der Waals surface area contributed by atoms with Crippen molar-refractivity contribution in [2.45, 2.75) is 33.3 Å². The molecule has 0 aliphatic heterocycles. The van der Waals surface area contributed by atoms with Gasteiger partial charge < -0.3 is 27.1 Å². The van der Waals surface area contributed by atoms with Crippen LogP contribution in [0.2, 0.25) is 0 Å². The standard InChI is InChI=1S/C10H24NO2.ClH/c1-4-11(5-2,6-3)8-7-10(13)9-12;/h10,12-13H,4-9H2,1-3H3;1H/q+1;/p-1. The predicted octanol–water partition coefficient (Wildman–Crippen LogP) is -2.39. The number of aliphatic hydroxyl groups is 2. The first-order valence-electron chi connectivity index (χ1n) is 5.28. The van der Waals surface area contributed by atoms with Crippen LogP contribution in [0, 0.1) is 0 Å². The van der Waals surface area contributed by atoms with Crippen molar-refractivity contribution in [3.05, 3.63) is 0 Å². The fourth-order valence-corrected chi connectivity index (χ4v) is 1.66. The van der Waals surface area contributed by atoms with Gasteiger partial charge in [0.2, 0.25) is 0 Å². The molecule has 2 N–H and O–H groups in total. The number of aliphatic hydroxyl groups excluding tert-OH is 2. The molecule has 88 valence electrons. The van der Waals surface area contributed by atoms with Gasteiger partial charge in [0.15, 0.2) is 0 Å². The van der Waals surface area contributed by atoms with E-state index in [4.69, 9.17) is 5.11 Å². The van der Waals surface area contributed by atoms with E-state index in [1.54, 1.807) is 0 Å². The van der Waals surface area contributed by atoms with E-state index in [1.807, 2.05) is 0 Å². The van der Waals surface area contributed by atoms with Gasteiger partial charge in [-0.15, -0.1) is 0 Å². The van der Waals surface area contributed by atoms with E-state index in [0.717, 1.165) is 30.7 Å². The highest BCUT2D eigenvalue weighted by atomic mass is 35.5. The first-order chi connectivity index (χ1) is 6.14. The zero-order chi connectivity index (χ0) is 10.3. The van der Waals surface area contributed by atoms with Crippen LogP contribution < -0.4 is 12.4 Å². The van der Waals surface area contributed by atoms with Crippen LogP contribution in [0.15, 0.2) is 0 Å². The maximum absolute atomic E-state index is 9.25. The SMILES string of the molecule is CC[N+](CC)(CC)CCC(O)CO.[Cl-]. The Balaban J connectivity index is 0. The molecular formula is C10H24ClNO2. The van der Waals surface area contributed by atoms with Gasteiger partial charge in [0.05, 0.1) is 38.9 Å². The van der Waals surface area contributed by atoms with Crippen molar-refractivity contribution in [3.63, 3.8) is 0 Å². The number of halogens is 1. The number of quaternary nitrogens is 1. The molecule has 0 rings (SSSR count). The van der Waals surface area contributed by atoms with E-state index < -0.39 is 6.10 Å². The molecule has 0 bridgehead atoms. The Morgan fingerprint density at radius 1 is 1.07 bits per heavy atom. The zero-order valence-electron chi connectivity index (χ0n) is 9.54. The molecule has 1 atom stereocenters. The Kier molecular flexibility index (Phi) is 10.0. The van der Waals surface area contributed by atoms with Crippen LogP contribution in [0.5, 0.6) is 0 Å². The maximum atomic E-state index is 9.25. The molecule has 4 heteroatoms. The third-order valence-corrected chi connectivity index (χ3v) is 3.16. The summed E-state index contributed by atoms with van der Waals surface area (Å²) < 4.78 is 1.04. The molecule has 0 fully saturated rings. The van der Waals surface area contributed by atoms with Crippen molar-refractivity contribution >= 4 is 0 Å². The van der Waals surface area contributed by atoms with E-state index in [2.05, 4.69) is 20.8 Å². The number of rotatable bonds is 7. The molecule has 14 heavy (non-hydrogen) atoms. The summed E-state index contributed by atoms with van der Waals surface area (Å²) in [7, 11) is 0. The zero-order valence-corrected chi connectivity index (χ0v) is 10.3. The minimum atomic E-state index is -0.540. The molecule has 0 aliphatic rings. The summed E-state index contributed by atoms with van der Waals surface area (Å²) in [5, 5.41) is 17.9. The Bertz CT molecular complexity index is 121. The average molecular weight is 226 g/mol. The highest BCUT2D eigenvalue weighted by molar-refractivity contribution is 4.52. The summed E-state index contributed by atoms with van der Waals surface area (Å²) in [6.45, 7) is 10.7. The van der Waals surface area contributed by atoms with E-state index in [0.29, 0.717) is 6.42 Å². The largest absolute Gasteiger partial charge is 1.00 e. The summed E-state index contributed by atoms with van der Waals surface area (Å²) in [4.78, 5) is 0. The highest BCUT2D eigenvalue weighted by Crippen LogP contribution is 2.08. The van der Waals surface area contributed by atoms with Gasteiger partial charge in [-0.3, -0.25) is 0 Å². The van der Waals surface area contributed by atoms with Gasteiger partial charge >= 0.3 is 0 Å². The number of hydrogen-bond donors (Lipinski definition) is 2. The molecule has 0 aromatic heterocycles. The summed E-state index contributed by atoms with van der Waals surface area (Å²) >= 11 is 0. The van der Waals surface area contributed by atoms with Crippen molar-refractivity contribution in [1.82, 2.24) is 0 Å². The van der Waals surface area contributed by atoms with Crippen molar-refractivity contribution in [2.24, 2.45) is 0 Å². The summed E-state index contributed by atoms with van der Waals surface area (Å²) in [6.07, 6.45) is 0.161. The van der Waals surface area contributed by atoms with Gasteiger partial charge in [0.25, 0.3) is 0 Å². The van der Waals surface area contributed by atoms with Crippen molar-refractivity contribution in [3.8, 4) is 0 Å². The van der Waals surface area contributed by atoms with Gasteiger partial charge in [-0.1, -0.05) is 0 Å². The Morgan fingerprint density at radius 3 is 1.79 bits per heavy atom. The normalized spacial score (nSPS) is 13.5. The second kappa shape index (κ2) is 8.48. The highest BCUT2D eigenvalue weighted by Gasteiger charge is 2.21. The average Bonchev–Trinajstić information content (AvgIpc) is 2.20. The first kappa shape index (κ1) is 16.6. The fraction of sp³-hybridized carbons (Fsp3) is 1.00. The van der Waals surface area contributed by atoms with E-state index in [9.17, 15) is 5.11 Å². The molecule has 0 heterocycles. The fourth-order valence-electron chi connectivity index (χ4n) is 1.66. The van der Waals surface area contributed by atoms with E-state index in [1.165, 1.54) is 0 Å². The van der Waals surface area contributed by atoms with Crippen LogP contribution in [0.3, 0.4) is 0 Å². The summed E-state index contributed by atoms with van der Waals surface area (Å²) in [5.74, 6) is 0. The molecule has 3 nitrogen and oxygen atoms in total. The Hall–Kier alpha value is 0.170. The topological polar surface area (TPSA) is 40.5 Å². The molecule has 0 aromatic rings. The minimum Gasteiger partial charge on any atom is -1.00 e. The van der Waals surface area contributed by atoms with E-state index in [-0.39, 0.29) is 19.0 Å². The lowest BCUT2D eigenvalue weighted by molar-refractivity contribution is -0.923. The van der Waals surface area contributed by atoms with Crippen LogP contribution in [0.4, 0.5) is 0 Å². The monoisotopic (exact) mass is 225 g/mol. The molecule has 1 unspecified atom stereocenters. The van der Waals surface area contributed by atoms with Crippen molar-refractivity contribution < 1.29 is 27.1 Å². The second-order valence-corrected chi connectivity index (χ2v) is 3.64. The molecule has 0 spiro atoms. The molecule has 0 amide bonds. The Morgan fingerprint density at radius 2 is 1.50 bits per heavy atom. The third-order valence-electron chi connectivity index (χ3n) is 3.16. The second-order valence-electron chi connectivity index (χ2n) is 3.64. The first-order valence-corrected chi connectivity index (χ1v) is 5.28. The molecule has 0 saturated carbocycles. The van der Waals surface area contributed by atoms with Crippen molar-refractivity contribution in [1.29, 1.82) is 0 Å². The van der Waals surface area contributed by atoms with Crippen LogP contribution in [0.1, 0.15) is 27.2 Å². The number of hydrogen-bond acceptors (Lipinski definition) is 2. The predicted molar refractivity (Wildman–Crippen MR) is 54.5 cm³/mol. The number of nitrogens with zero attached hydrogens (tertiary/aromatic N) is 1. The molecular weight excluding hydrogens is 202 g/mol. The van der Waals surface area contributed by atoms with Crippen LogP contribution in [0.25, 0.3) is 0 Å². The van der Waals surface area contributed by atoms with Gasteiger partial charge in [0, 0.05) is 6.42 Å². The van der Waals surface area contributed by atoms with E-state index >= 15 is 0 Å². The Labute approximate surface area is 93.7 Å². The van der Waals surface area contributed by atoms with Crippen LogP contribution in [-0.4, -0.2) is 53.6 Å². The van der Waals surface area contributed by atoms with Crippen molar-refractivity contribution in [2.75, 3.05) is 32.8 Å². The smallest absolute Gasteiger partial charge is 0.0824 e. The lowest BCUT2D eigenvalue weighted by atomic mass is 10.2. The minimum absolute atomic E-state index is 0. The van der Waals surface area contributed by atoms with Crippen LogP contribution in [-0.2, 0) is 0 Å². The van der Waals surface area contributed by atoms with Gasteiger partial charge in [-0.2, -0.15) is 0 Å². The molecule has 0 saturated heterocycles. The van der Waals surface area contributed by atoms with Gasteiger partial charge in [-0.25, -0.2) is 0 Å². The summed E-state index contributed by atoms with van der Waals surface area (Å²) in [6, 6.07) is 0. The quantitative estimate of drug-likeness (QED) is 0.475. The van der Waals surface area contributed by atoms with Crippen LogP contribution >= 0.6 is 0 Å². The molecule has 0 aliphatic carbocycles. The lowest BCUT2D eigenvalue weighted by Crippen LogP contribution is -3.00. The van der Waals surface area contributed by atoms with Gasteiger partial charge in [0.1, 0.15) is 0 Å². The lowest BCUT2D eigenvalue weighted by Gasteiger charge is -2.36. The maximum Gasteiger partial charge on any atom is 0.0824 e. The van der Waals surface area contributed by atoms with Gasteiger partial charge in [-0.05, 0) is 20.8 Å². The molecule has 0 radical (unpaired) electrons. The summed E-state index contributed by atoms with van der Waals surface area (Å²) in [5.41, 5.74) is 0. The third kappa shape index (κ3) is 5.15.